The van der Waals surface area contributed by atoms with E-state index in [1.807, 2.05) is 20.8 Å². The van der Waals surface area contributed by atoms with Crippen LogP contribution in [0.15, 0.2) is 4.99 Å². The number of aliphatic imine (C=N–C) groups is 1. The second kappa shape index (κ2) is 14.3. The third kappa shape index (κ3) is 11.0. The number of carbonyl (C=O) groups is 1. The zero-order valence-electron chi connectivity index (χ0n) is 19.5. The molecule has 2 rings (SSSR count). The lowest BCUT2D eigenvalue weighted by Crippen LogP contribution is -2.44. The van der Waals surface area contributed by atoms with Gasteiger partial charge < -0.3 is 25.2 Å². The third-order valence-corrected chi connectivity index (χ3v) is 5.39. The Morgan fingerprint density at radius 3 is 2.50 bits per heavy atom. The van der Waals surface area contributed by atoms with Gasteiger partial charge in [0, 0.05) is 26.2 Å². The lowest BCUT2D eigenvalue weighted by atomic mass is 10.1. The zero-order valence-corrected chi connectivity index (χ0v) is 21.9. The average molecular weight is 538 g/mol. The fourth-order valence-corrected chi connectivity index (χ4v) is 3.96. The lowest BCUT2D eigenvalue weighted by molar-refractivity contribution is 0.0507. The highest BCUT2D eigenvalue weighted by molar-refractivity contribution is 14.0. The molecule has 2 heterocycles. The Bertz CT molecular complexity index is 518. The summed E-state index contributed by atoms with van der Waals surface area (Å²) in [6.45, 7) is 15.0. The monoisotopic (exact) mass is 537 g/mol. The van der Waals surface area contributed by atoms with Crippen molar-refractivity contribution >= 4 is 36.0 Å². The molecule has 1 amide bonds. The molecule has 1 atom stereocenters. The van der Waals surface area contributed by atoms with Gasteiger partial charge >= 0.3 is 6.09 Å². The summed E-state index contributed by atoms with van der Waals surface area (Å²) in [5, 5.41) is 6.39. The number of hydrogen-bond donors (Lipinski definition) is 2. The maximum absolute atomic E-state index is 12.0. The van der Waals surface area contributed by atoms with Gasteiger partial charge in [0.15, 0.2) is 5.96 Å². The predicted molar refractivity (Wildman–Crippen MR) is 135 cm³/mol. The van der Waals surface area contributed by atoms with Crippen molar-refractivity contribution in [2.45, 2.75) is 84.3 Å². The average Bonchev–Trinajstić information content (AvgIpc) is 3.11. The maximum atomic E-state index is 12.0. The molecule has 7 nitrogen and oxygen atoms in total. The number of ether oxygens (including phenoxy) is 1. The van der Waals surface area contributed by atoms with Crippen LogP contribution in [0.25, 0.3) is 0 Å². The number of rotatable bonds is 8. The van der Waals surface area contributed by atoms with E-state index in [9.17, 15) is 4.79 Å². The van der Waals surface area contributed by atoms with Crippen LogP contribution in [-0.2, 0) is 4.74 Å². The van der Waals surface area contributed by atoms with Gasteiger partial charge in [-0.3, -0.25) is 4.99 Å². The second-order valence-electron chi connectivity index (χ2n) is 9.28. The molecule has 2 saturated heterocycles. The molecule has 2 N–H and O–H groups in total. The van der Waals surface area contributed by atoms with Crippen molar-refractivity contribution in [3.8, 4) is 0 Å². The van der Waals surface area contributed by atoms with Crippen molar-refractivity contribution in [1.82, 2.24) is 20.4 Å². The number of nitrogens with zero attached hydrogens (tertiary/aromatic N) is 3. The summed E-state index contributed by atoms with van der Waals surface area (Å²) in [4.78, 5) is 21.7. The number of likely N-dealkylation sites (tertiary alicyclic amines) is 2. The van der Waals surface area contributed by atoms with Gasteiger partial charge in [-0.15, -0.1) is 24.0 Å². The number of hydrogen-bond acceptors (Lipinski definition) is 4. The first-order valence-electron chi connectivity index (χ1n) is 11.6. The Morgan fingerprint density at radius 2 is 1.83 bits per heavy atom. The number of guanidine groups is 1. The van der Waals surface area contributed by atoms with Crippen LogP contribution in [0.2, 0.25) is 0 Å². The van der Waals surface area contributed by atoms with E-state index in [1.54, 1.807) is 0 Å². The van der Waals surface area contributed by atoms with Gasteiger partial charge in [-0.1, -0.05) is 12.8 Å². The molecule has 8 heteroatoms. The number of carbonyl (C=O) groups excluding carboxylic acids is 1. The van der Waals surface area contributed by atoms with E-state index in [0.29, 0.717) is 0 Å². The molecule has 0 aliphatic carbocycles. The number of alkyl carbamates (subject to hydrolysis) is 1. The normalized spacial score (nSPS) is 20.6. The van der Waals surface area contributed by atoms with Crippen LogP contribution in [0.5, 0.6) is 0 Å². The number of amides is 1. The molecule has 0 radical (unpaired) electrons. The van der Waals surface area contributed by atoms with Crippen LogP contribution in [-0.4, -0.2) is 79.3 Å². The van der Waals surface area contributed by atoms with Gasteiger partial charge in [-0.25, -0.2) is 4.79 Å². The lowest BCUT2D eigenvalue weighted by Gasteiger charge is -2.26. The predicted octanol–water partition coefficient (Wildman–Crippen LogP) is 3.83. The van der Waals surface area contributed by atoms with Gasteiger partial charge in [0.1, 0.15) is 5.60 Å². The van der Waals surface area contributed by atoms with Crippen molar-refractivity contribution in [3.05, 3.63) is 0 Å². The molecule has 0 aromatic carbocycles. The minimum absolute atomic E-state index is 0. The minimum atomic E-state index is -0.466. The van der Waals surface area contributed by atoms with Gasteiger partial charge in [0.2, 0.25) is 0 Å². The summed E-state index contributed by atoms with van der Waals surface area (Å²) >= 11 is 0. The Morgan fingerprint density at radius 1 is 1.10 bits per heavy atom. The number of unbranched alkanes of at least 4 members (excludes halogenated alkanes) is 2. The van der Waals surface area contributed by atoms with Crippen molar-refractivity contribution in [2.75, 3.05) is 45.8 Å². The molecule has 0 bridgehead atoms. The van der Waals surface area contributed by atoms with Gasteiger partial charge in [-0.05, 0) is 79.4 Å². The SMILES string of the molecule is CCNC(=NCCCCCN1CCCCC1)N1CCC(NC(=O)OC(C)(C)C)C1.I. The summed E-state index contributed by atoms with van der Waals surface area (Å²) in [6, 6.07) is 0.109. The molecule has 0 spiro atoms. The molecule has 0 aromatic heterocycles. The van der Waals surface area contributed by atoms with Crippen LogP contribution in [0.3, 0.4) is 0 Å². The van der Waals surface area contributed by atoms with Crippen LogP contribution < -0.4 is 10.6 Å². The van der Waals surface area contributed by atoms with Crippen LogP contribution in [0.1, 0.15) is 72.6 Å². The number of nitrogens with one attached hydrogen (secondary N) is 2. The van der Waals surface area contributed by atoms with E-state index in [0.717, 1.165) is 45.0 Å². The van der Waals surface area contributed by atoms with Crippen molar-refractivity contribution < 1.29 is 9.53 Å². The Hall–Kier alpha value is -0.770. The van der Waals surface area contributed by atoms with E-state index in [4.69, 9.17) is 9.73 Å². The van der Waals surface area contributed by atoms with Crippen molar-refractivity contribution in [3.63, 3.8) is 0 Å². The van der Waals surface area contributed by atoms with Crippen molar-refractivity contribution in [1.29, 1.82) is 0 Å². The molecular weight excluding hydrogens is 493 g/mol. The van der Waals surface area contributed by atoms with Gasteiger partial charge in [0.25, 0.3) is 0 Å². The van der Waals surface area contributed by atoms with E-state index in [2.05, 4.69) is 27.4 Å². The molecule has 176 valence electrons. The minimum Gasteiger partial charge on any atom is -0.444 e. The van der Waals surface area contributed by atoms with E-state index >= 15 is 0 Å². The first kappa shape index (κ1) is 27.3. The standard InChI is InChI=1S/C22H43N5O2.HI/c1-5-23-20(24-13-8-6-9-14-26-15-10-7-11-16-26)27-17-12-19(18-27)25-21(28)29-22(2,3)4;/h19H,5-18H2,1-4H3,(H,23,24)(H,25,28);1H. The molecule has 30 heavy (non-hydrogen) atoms. The maximum Gasteiger partial charge on any atom is 0.407 e. The van der Waals surface area contributed by atoms with Crippen LogP contribution in [0.4, 0.5) is 4.79 Å². The molecule has 1 unspecified atom stereocenters. The molecule has 0 saturated carbocycles. The first-order chi connectivity index (χ1) is 13.9. The zero-order chi connectivity index (χ0) is 21.1. The Labute approximate surface area is 200 Å². The second-order valence-corrected chi connectivity index (χ2v) is 9.28. The Balaban J connectivity index is 0.00000450. The fraction of sp³-hybridized carbons (Fsp3) is 0.909. The summed E-state index contributed by atoms with van der Waals surface area (Å²) in [6.07, 6.45) is 8.38. The summed E-state index contributed by atoms with van der Waals surface area (Å²) in [5.41, 5.74) is -0.466. The van der Waals surface area contributed by atoms with Gasteiger partial charge in [0.05, 0.1) is 6.04 Å². The molecular formula is C22H44IN5O2. The van der Waals surface area contributed by atoms with Crippen LogP contribution in [0, 0.1) is 0 Å². The number of halogens is 1. The highest BCUT2D eigenvalue weighted by atomic mass is 127. The number of piperidine rings is 1. The largest absolute Gasteiger partial charge is 0.444 e. The topological polar surface area (TPSA) is 69.2 Å². The molecule has 2 fully saturated rings. The summed E-state index contributed by atoms with van der Waals surface area (Å²) < 4.78 is 5.37. The summed E-state index contributed by atoms with van der Waals surface area (Å²) in [7, 11) is 0. The summed E-state index contributed by atoms with van der Waals surface area (Å²) in [5.74, 6) is 0.969. The highest BCUT2D eigenvalue weighted by Crippen LogP contribution is 2.13. The van der Waals surface area contributed by atoms with Crippen molar-refractivity contribution in [2.24, 2.45) is 4.99 Å². The quantitative estimate of drug-likeness (QED) is 0.213. The molecule has 0 aromatic rings. The first-order valence-corrected chi connectivity index (χ1v) is 11.6. The van der Waals surface area contributed by atoms with E-state index in [-0.39, 0.29) is 36.1 Å². The smallest absolute Gasteiger partial charge is 0.407 e. The van der Waals surface area contributed by atoms with Gasteiger partial charge in [-0.2, -0.15) is 0 Å². The molecule has 2 aliphatic rings. The van der Waals surface area contributed by atoms with E-state index < -0.39 is 5.60 Å². The molecule has 2 aliphatic heterocycles. The fourth-order valence-electron chi connectivity index (χ4n) is 3.96. The Kier molecular flexibility index (Phi) is 13.0. The highest BCUT2D eigenvalue weighted by Gasteiger charge is 2.27. The van der Waals surface area contributed by atoms with Crippen LogP contribution >= 0.6 is 24.0 Å². The van der Waals surface area contributed by atoms with E-state index in [1.165, 1.54) is 51.7 Å². The third-order valence-electron chi connectivity index (χ3n) is 5.39.